The normalized spacial score (nSPS) is 20.2. The van der Waals surface area contributed by atoms with Crippen LogP contribution in [0.25, 0.3) is 0 Å². The van der Waals surface area contributed by atoms with Crippen molar-refractivity contribution in [3.05, 3.63) is 0 Å². The number of rotatable bonds is 5. The van der Waals surface area contributed by atoms with Crippen molar-refractivity contribution >= 4 is 9.84 Å². The molecule has 1 fully saturated rings. The Morgan fingerprint density at radius 1 is 1.17 bits per heavy atom. The molecule has 0 N–H and O–H groups in total. The number of hydrogen-bond donors (Lipinski definition) is 0. The van der Waals surface area contributed by atoms with Crippen LogP contribution in [0.15, 0.2) is 0 Å². The van der Waals surface area contributed by atoms with Gasteiger partial charge in [-0.15, -0.1) is 0 Å². The van der Waals surface area contributed by atoms with E-state index in [4.69, 9.17) is 0 Å². The highest BCUT2D eigenvalue weighted by Gasteiger charge is 2.21. The molecule has 108 valence electrons. The Bertz CT molecular complexity index is 335. The molecule has 0 amide bonds. The number of piperidine rings is 1. The fourth-order valence-corrected chi connectivity index (χ4v) is 3.02. The van der Waals surface area contributed by atoms with Crippen molar-refractivity contribution in [1.82, 2.24) is 4.90 Å². The van der Waals surface area contributed by atoms with E-state index < -0.39 is 9.84 Å². The van der Waals surface area contributed by atoms with Crippen molar-refractivity contribution < 1.29 is 8.42 Å². The summed E-state index contributed by atoms with van der Waals surface area (Å²) in [6, 6.07) is 0. The molecule has 1 rings (SSSR count). The smallest absolute Gasteiger partial charge is 0.148 e. The maximum absolute atomic E-state index is 11.1. The second-order valence-corrected chi connectivity index (χ2v) is 9.27. The molecule has 0 bridgehead atoms. The van der Waals surface area contributed by atoms with Gasteiger partial charge in [-0.1, -0.05) is 20.8 Å². The van der Waals surface area contributed by atoms with Crippen molar-refractivity contribution in [1.29, 1.82) is 0 Å². The van der Waals surface area contributed by atoms with Gasteiger partial charge in [0.05, 0.1) is 5.75 Å². The van der Waals surface area contributed by atoms with Gasteiger partial charge in [-0.05, 0) is 50.1 Å². The molecule has 18 heavy (non-hydrogen) atoms. The molecule has 0 unspecified atom stereocenters. The highest BCUT2D eigenvalue weighted by molar-refractivity contribution is 7.90. The van der Waals surface area contributed by atoms with E-state index in [-0.39, 0.29) is 0 Å². The Morgan fingerprint density at radius 2 is 1.72 bits per heavy atom. The number of sulfone groups is 1. The largest absolute Gasteiger partial charge is 0.302 e. The molecule has 0 aromatic carbocycles. The lowest BCUT2D eigenvalue weighted by molar-refractivity contribution is 0.175. The maximum Gasteiger partial charge on any atom is 0.148 e. The summed E-state index contributed by atoms with van der Waals surface area (Å²) in [5.41, 5.74) is 0.438. The molecule has 0 saturated carbocycles. The molecule has 3 nitrogen and oxygen atoms in total. The predicted octanol–water partition coefficient (Wildman–Crippen LogP) is 2.57. The van der Waals surface area contributed by atoms with E-state index in [1.165, 1.54) is 31.9 Å². The fraction of sp³-hybridized carbons (Fsp3) is 1.00. The van der Waals surface area contributed by atoms with E-state index in [1.54, 1.807) is 0 Å². The Hall–Kier alpha value is -0.0900. The van der Waals surface area contributed by atoms with Crippen LogP contribution in [0.3, 0.4) is 0 Å². The lowest BCUT2D eigenvalue weighted by Crippen LogP contribution is -2.36. The lowest BCUT2D eigenvalue weighted by atomic mass is 9.83. The van der Waals surface area contributed by atoms with Crippen LogP contribution < -0.4 is 0 Å². The Balaban J connectivity index is 2.21. The summed E-state index contributed by atoms with van der Waals surface area (Å²) in [5.74, 6) is 1.15. The summed E-state index contributed by atoms with van der Waals surface area (Å²) in [4.78, 5) is 2.30. The quantitative estimate of drug-likeness (QED) is 0.774. The minimum absolute atomic E-state index is 0.305. The summed E-state index contributed by atoms with van der Waals surface area (Å²) in [6.07, 6.45) is 6.41. The first-order valence-electron chi connectivity index (χ1n) is 7.06. The van der Waals surface area contributed by atoms with Crippen molar-refractivity contribution in [3.8, 4) is 0 Å². The molecule has 0 spiro atoms. The van der Waals surface area contributed by atoms with Gasteiger partial charge in [-0.3, -0.25) is 0 Å². The van der Waals surface area contributed by atoms with Crippen LogP contribution in [0, 0.1) is 11.3 Å². The number of nitrogens with zero attached hydrogens (tertiary/aromatic N) is 1. The van der Waals surface area contributed by atoms with Gasteiger partial charge in [0, 0.05) is 12.8 Å². The molecule has 0 aromatic rings. The summed E-state index contributed by atoms with van der Waals surface area (Å²) in [7, 11) is -2.81. The van der Waals surface area contributed by atoms with Crippen LogP contribution in [0.4, 0.5) is 0 Å². The van der Waals surface area contributed by atoms with Crippen molar-refractivity contribution in [3.63, 3.8) is 0 Å². The van der Waals surface area contributed by atoms with Crippen LogP contribution in [0.1, 0.15) is 46.5 Å². The molecule has 4 heteroatoms. The van der Waals surface area contributed by atoms with E-state index in [0.29, 0.717) is 17.7 Å². The highest BCUT2D eigenvalue weighted by Crippen LogP contribution is 2.28. The van der Waals surface area contributed by atoms with Gasteiger partial charge in [-0.25, -0.2) is 8.42 Å². The molecular weight excluding hydrogens is 246 g/mol. The summed E-state index contributed by atoms with van der Waals surface area (Å²) in [5, 5.41) is 0. The molecule has 0 aromatic heterocycles. The van der Waals surface area contributed by atoms with Gasteiger partial charge in [0.2, 0.25) is 0 Å². The zero-order valence-corrected chi connectivity index (χ0v) is 13.2. The standard InChI is InChI=1S/C14H29NO2S/c1-14(2,3)8-5-13-6-9-15(10-7-13)11-12-18(4,16)17/h13H,5-12H2,1-4H3. The van der Waals surface area contributed by atoms with E-state index in [9.17, 15) is 8.42 Å². The van der Waals surface area contributed by atoms with Crippen molar-refractivity contribution in [2.24, 2.45) is 11.3 Å². The lowest BCUT2D eigenvalue weighted by Gasteiger charge is -2.33. The molecule has 1 aliphatic heterocycles. The average Bonchev–Trinajstić information content (AvgIpc) is 2.23. The van der Waals surface area contributed by atoms with Gasteiger partial charge in [0.15, 0.2) is 0 Å². The van der Waals surface area contributed by atoms with Crippen molar-refractivity contribution in [2.45, 2.75) is 46.5 Å². The first-order valence-corrected chi connectivity index (χ1v) is 9.12. The topological polar surface area (TPSA) is 37.4 Å². The summed E-state index contributed by atoms with van der Waals surface area (Å²) < 4.78 is 22.2. The van der Waals surface area contributed by atoms with Crippen LogP contribution >= 0.6 is 0 Å². The van der Waals surface area contributed by atoms with E-state index in [1.807, 2.05) is 0 Å². The van der Waals surface area contributed by atoms with E-state index >= 15 is 0 Å². The van der Waals surface area contributed by atoms with Crippen LogP contribution in [-0.4, -0.2) is 45.0 Å². The SMILES string of the molecule is CC(C)(C)CCC1CCN(CCS(C)(=O)=O)CC1. The molecule has 1 saturated heterocycles. The molecule has 0 aliphatic carbocycles. The third-order valence-corrected chi connectivity index (χ3v) is 4.71. The molecule has 0 radical (unpaired) electrons. The van der Waals surface area contributed by atoms with Gasteiger partial charge >= 0.3 is 0 Å². The average molecular weight is 275 g/mol. The van der Waals surface area contributed by atoms with Crippen molar-refractivity contribution in [2.75, 3.05) is 31.6 Å². The van der Waals surface area contributed by atoms with Crippen LogP contribution in [-0.2, 0) is 9.84 Å². The summed E-state index contributed by atoms with van der Waals surface area (Å²) >= 11 is 0. The molecular formula is C14H29NO2S. The highest BCUT2D eigenvalue weighted by atomic mass is 32.2. The maximum atomic E-state index is 11.1. The third-order valence-electron chi connectivity index (χ3n) is 3.79. The number of likely N-dealkylation sites (tertiary alicyclic amines) is 1. The number of hydrogen-bond acceptors (Lipinski definition) is 3. The third kappa shape index (κ3) is 7.37. The Kier molecular flexibility index (Phi) is 5.66. The van der Waals surface area contributed by atoms with E-state index in [0.717, 1.165) is 19.0 Å². The van der Waals surface area contributed by atoms with Gasteiger partial charge < -0.3 is 4.90 Å². The first-order chi connectivity index (χ1) is 8.16. The summed E-state index contributed by atoms with van der Waals surface area (Å²) in [6.45, 7) is 9.76. The Morgan fingerprint density at radius 3 is 2.17 bits per heavy atom. The van der Waals surface area contributed by atoms with Crippen LogP contribution in [0.2, 0.25) is 0 Å². The zero-order chi connectivity index (χ0) is 13.8. The predicted molar refractivity (Wildman–Crippen MR) is 77.6 cm³/mol. The zero-order valence-electron chi connectivity index (χ0n) is 12.4. The van der Waals surface area contributed by atoms with Gasteiger partial charge in [-0.2, -0.15) is 0 Å². The van der Waals surface area contributed by atoms with Gasteiger partial charge in [0.1, 0.15) is 9.84 Å². The molecule has 0 atom stereocenters. The Labute approximate surface area is 113 Å². The van der Waals surface area contributed by atoms with E-state index in [2.05, 4.69) is 25.7 Å². The second-order valence-electron chi connectivity index (χ2n) is 7.01. The molecule has 1 aliphatic rings. The fourth-order valence-electron chi connectivity index (χ4n) is 2.43. The minimum atomic E-state index is -2.81. The minimum Gasteiger partial charge on any atom is -0.302 e. The van der Waals surface area contributed by atoms with Crippen LogP contribution in [0.5, 0.6) is 0 Å². The van der Waals surface area contributed by atoms with Gasteiger partial charge in [0.25, 0.3) is 0 Å². The second kappa shape index (κ2) is 6.38. The molecule has 1 heterocycles. The first kappa shape index (κ1) is 16.0. The monoisotopic (exact) mass is 275 g/mol.